The van der Waals surface area contributed by atoms with Gasteiger partial charge in [0.15, 0.2) is 5.96 Å². The fourth-order valence-corrected chi connectivity index (χ4v) is 3.17. The van der Waals surface area contributed by atoms with Crippen LogP contribution in [0.15, 0.2) is 29.3 Å². The summed E-state index contributed by atoms with van der Waals surface area (Å²) in [5.74, 6) is 1.49. The monoisotopic (exact) mass is 368 g/mol. The number of aliphatic imine (C=N–C) groups is 1. The van der Waals surface area contributed by atoms with Crippen molar-refractivity contribution >= 4 is 16.0 Å². The summed E-state index contributed by atoms with van der Waals surface area (Å²) in [6, 6.07) is 7.57. The van der Waals surface area contributed by atoms with Gasteiger partial charge in [0.2, 0.25) is 10.0 Å². The average Bonchev–Trinajstić information content (AvgIpc) is 2.57. The molecule has 0 amide bonds. The van der Waals surface area contributed by atoms with Crippen LogP contribution in [0.3, 0.4) is 0 Å². The first-order chi connectivity index (χ1) is 11.9. The molecule has 0 aliphatic carbocycles. The van der Waals surface area contributed by atoms with E-state index in [2.05, 4.69) is 34.2 Å². The normalized spacial score (nSPS) is 12.4. The molecule has 0 atom stereocenters. The molecule has 7 heteroatoms. The second-order valence-electron chi connectivity index (χ2n) is 6.53. The zero-order chi connectivity index (χ0) is 18.7. The van der Waals surface area contributed by atoms with Crippen LogP contribution in [0.2, 0.25) is 0 Å². The van der Waals surface area contributed by atoms with E-state index in [0.717, 1.165) is 36.0 Å². The van der Waals surface area contributed by atoms with Crippen LogP contribution >= 0.6 is 0 Å². The first kappa shape index (κ1) is 21.4. The van der Waals surface area contributed by atoms with Crippen LogP contribution in [0.25, 0.3) is 0 Å². The highest BCUT2D eigenvalue weighted by molar-refractivity contribution is 7.88. The molecule has 0 unspecified atom stereocenters. The lowest BCUT2D eigenvalue weighted by molar-refractivity contribution is 0.534. The maximum absolute atomic E-state index is 11.7. The first-order valence-corrected chi connectivity index (χ1v) is 10.4. The molecular formula is C18H32N4O2S. The predicted molar refractivity (Wildman–Crippen MR) is 105 cm³/mol. The Morgan fingerprint density at radius 3 is 2.52 bits per heavy atom. The Hall–Kier alpha value is -1.60. The number of guanidine groups is 1. The molecule has 1 aromatic carbocycles. The summed E-state index contributed by atoms with van der Waals surface area (Å²) in [6.07, 6.45) is 3.58. The maximum atomic E-state index is 11.7. The number of hydrogen-bond acceptors (Lipinski definition) is 3. The summed E-state index contributed by atoms with van der Waals surface area (Å²) in [5.41, 5.74) is 1.79. The molecular weight excluding hydrogens is 336 g/mol. The van der Waals surface area contributed by atoms with Crippen molar-refractivity contribution in [1.29, 1.82) is 0 Å². The number of nitrogens with one attached hydrogen (secondary N) is 3. The zero-order valence-electron chi connectivity index (χ0n) is 15.8. The highest BCUT2D eigenvalue weighted by Crippen LogP contribution is 2.08. The summed E-state index contributed by atoms with van der Waals surface area (Å²) >= 11 is 0. The summed E-state index contributed by atoms with van der Waals surface area (Å²) in [6.45, 7) is 5.97. The summed E-state index contributed by atoms with van der Waals surface area (Å²) in [4.78, 5) is 4.22. The fourth-order valence-electron chi connectivity index (χ4n) is 2.41. The van der Waals surface area contributed by atoms with Gasteiger partial charge in [0, 0.05) is 20.1 Å². The Balaban J connectivity index is 2.45. The molecule has 0 heterocycles. The van der Waals surface area contributed by atoms with E-state index in [0.29, 0.717) is 6.54 Å². The van der Waals surface area contributed by atoms with Gasteiger partial charge >= 0.3 is 0 Å². The minimum atomic E-state index is -3.26. The maximum Gasteiger partial charge on any atom is 0.215 e. The topological polar surface area (TPSA) is 82.6 Å². The molecule has 0 bridgehead atoms. The van der Waals surface area contributed by atoms with E-state index in [1.165, 1.54) is 19.9 Å². The number of unbranched alkanes of at least 4 members (excludes halogenated alkanes) is 1. The molecule has 3 N–H and O–H groups in total. The van der Waals surface area contributed by atoms with E-state index < -0.39 is 10.0 Å². The van der Waals surface area contributed by atoms with Crippen molar-refractivity contribution in [3.8, 4) is 0 Å². The van der Waals surface area contributed by atoms with E-state index in [4.69, 9.17) is 0 Å². The first-order valence-electron chi connectivity index (χ1n) is 8.80. The molecule has 0 fully saturated rings. The molecule has 25 heavy (non-hydrogen) atoms. The van der Waals surface area contributed by atoms with Gasteiger partial charge in [-0.3, -0.25) is 4.99 Å². The Labute approximate surface area is 152 Å². The molecule has 1 rings (SSSR count). The van der Waals surface area contributed by atoms with Gasteiger partial charge < -0.3 is 10.6 Å². The van der Waals surface area contributed by atoms with Crippen LogP contribution in [0.5, 0.6) is 0 Å². The lowest BCUT2D eigenvalue weighted by atomic mass is 10.1. The quantitative estimate of drug-likeness (QED) is 0.336. The van der Waals surface area contributed by atoms with E-state index in [1.807, 2.05) is 24.3 Å². The highest BCUT2D eigenvalue weighted by atomic mass is 32.2. The Morgan fingerprint density at radius 2 is 1.88 bits per heavy atom. The van der Waals surface area contributed by atoms with Gasteiger partial charge in [0.05, 0.1) is 5.75 Å². The number of rotatable bonds is 10. The Morgan fingerprint density at radius 1 is 1.16 bits per heavy atom. The lowest BCUT2D eigenvalue weighted by Crippen LogP contribution is -2.37. The molecule has 0 saturated carbocycles. The molecule has 0 spiro atoms. The third-order valence-corrected chi connectivity index (χ3v) is 5.18. The summed E-state index contributed by atoms with van der Waals surface area (Å²) in [5, 5.41) is 6.57. The van der Waals surface area contributed by atoms with Crippen molar-refractivity contribution in [2.75, 3.05) is 20.6 Å². The molecule has 0 aliphatic heterocycles. The Kier molecular flexibility index (Phi) is 9.52. The van der Waals surface area contributed by atoms with Gasteiger partial charge in [-0.15, -0.1) is 0 Å². The molecule has 1 aromatic rings. The van der Waals surface area contributed by atoms with E-state index in [-0.39, 0.29) is 5.75 Å². The number of benzene rings is 1. The average molecular weight is 369 g/mol. The third-order valence-electron chi connectivity index (χ3n) is 3.84. The van der Waals surface area contributed by atoms with Crippen LogP contribution in [0.4, 0.5) is 0 Å². The standard InChI is InChI=1S/C18H32N4O2S/c1-15(2)8-5-6-11-21-18(19-3)22-13-16-9-7-10-17(12-16)14-25(23,24)20-4/h7,9-10,12,15,20H,5-6,8,11,13-14H2,1-4H3,(H2,19,21,22). The van der Waals surface area contributed by atoms with Crippen LogP contribution in [0.1, 0.15) is 44.2 Å². The lowest BCUT2D eigenvalue weighted by Gasteiger charge is -2.13. The zero-order valence-corrected chi connectivity index (χ0v) is 16.6. The fraction of sp³-hybridized carbons (Fsp3) is 0.611. The van der Waals surface area contributed by atoms with E-state index in [9.17, 15) is 8.42 Å². The smallest absolute Gasteiger partial charge is 0.215 e. The van der Waals surface area contributed by atoms with Crippen molar-refractivity contribution in [3.05, 3.63) is 35.4 Å². The van der Waals surface area contributed by atoms with E-state index >= 15 is 0 Å². The molecule has 0 aromatic heterocycles. The van der Waals surface area contributed by atoms with Crippen LogP contribution in [0, 0.1) is 5.92 Å². The van der Waals surface area contributed by atoms with Crippen molar-refractivity contribution < 1.29 is 8.42 Å². The predicted octanol–water partition coefficient (Wildman–Crippen LogP) is 2.23. The summed E-state index contributed by atoms with van der Waals surface area (Å²) < 4.78 is 25.6. The van der Waals surface area contributed by atoms with Crippen LogP contribution < -0.4 is 15.4 Å². The second kappa shape index (κ2) is 11.1. The third kappa shape index (κ3) is 9.45. The van der Waals surface area contributed by atoms with Gasteiger partial charge in [-0.2, -0.15) is 0 Å². The van der Waals surface area contributed by atoms with Crippen molar-refractivity contribution in [2.45, 2.75) is 45.4 Å². The SMILES string of the molecule is CN=C(NCCCCC(C)C)NCc1cccc(CS(=O)(=O)NC)c1. The summed E-state index contributed by atoms with van der Waals surface area (Å²) in [7, 11) is -0.0780. The van der Waals surface area contributed by atoms with Gasteiger partial charge in [0.1, 0.15) is 0 Å². The molecule has 0 aliphatic rings. The molecule has 0 saturated heterocycles. The number of hydrogen-bond donors (Lipinski definition) is 3. The van der Waals surface area contributed by atoms with Gasteiger partial charge in [-0.05, 0) is 30.5 Å². The molecule has 0 radical (unpaired) electrons. The minimum absolute atomic E-state index is 0.0137. The van der Waals surface area contributed by atoms with Crippen LogP contribution in [-0.2, 0) is 22.3 Å². The van der Waals surface area contributed by atoms with E-state index in [1.54, 1.807) is 7.05 Å². The van der Waals surface area contributed by atoms with Crippen molar-refractivity contribution in [2.24, 2.45) is 10.9 Å². The van der Waals surface area contributed by atoms with Gasteiger partial charge in [-0.25, -0.2) is 13.1 Å². The molecule has 142 valence electrons. The van der Waals surface area contributed by atoms with Gasteiger partial charge in [0.25, 0.3) is 0 Å². The van der Waals surface area contributed by atoms with Gasteiger partial charge in [-0.1, -0.05) is 51.0 Å². The minimum Gasteiger partial charge on any atom is -0.356 e. The van der Waals surface area contributed by atoms with Crippen molar-refractivity contribution in [3.63, 3.8) is 0 Å². The highest BCUT2D eigenvalue weighted by Gasteiger charge is 2.09. The van der Waals surface area contributed by atoms with Crippen molar-refractivity contribution in [1.82, 2.24) is 15.4 Å². The van der Waals surface area contributed by atoms with Crippen LogP contribution in [-0.4, -0.2) is 35.0 Å². The largest absolute Gasteiger partial charge is 0.356 e. The Bertz CT molecular complexity index is 642. The number of sulfonamides is 1. The molecule has 6 nitrogen and oxygen atoms in total. The second-order valence-corrected chi connectivity index (χ2v) is 8.45. The number of nitrogens with zero attached hydrogens (tertiary/aromatic N) is 1.